The number of hydrogen-bond donors (Lipinski definition) is 1. The first-order valence-electron chi connectivity index (χ1n) is 8.94. The molecule has 0 aromatic heterocycles. The van der Waals surface area contributed by atoms with Gasteiger partial charge in [-0.3, -0.25) is 9.69 Å². The van der Waals surface area contributed by atoms with Gasteiger partial charge in [0.05, 0.1) is 10.9 Å². The lowest BCUT2D eigenvalue weighted by Crippen LogP contribution is -2.45. The molecular weight excluding hydrogens is 324 g/mol. The summed E-state index contributed by atoms with van der Waals surface area (Å²) in [6.45, 7) is 3.76. The zero-order valence-electron chi connectivity index (χ0n) is 14.3. The van der Waals surface area contributed by atoms with Crippen LogP contribution in [0.2, 0.25) is 0 Å². The van der Waals surface area contributed by atoms with Gasteiger partial charge in [0.2, 0.25) is 0 Å². The van der Waals surface area contributed by atoms with Gasteiger partial charge in [0, 0.05) is 0 Å². The number of nitrogens with one attached hydrogen (secondary N) is 1. The van der Waals surface area contributed by atoms with Crippen molar-refractivity contribution >= 4 is 15.9 Å². The zero-order chi connectivity index (χ0) is 17.2. The average Bonchev–Trinajstić information content (AvgIpc) is 3.03. The molecule has 5 nitrogen and oxygen atoms in total. The van der Waals surface area contributed by atoms with Crippen molar-refractivity contribution in [2.75, 3.05) is 13.1 Å². The molecule has 1 heterocycles. The molecule has 0 unspecified atom stereocenters. The molecule has 3 rings (SSSR count). The first-order chi connectivity index (χ1) is 11.5. The van der Waals surface area contributed by atoms with E-state index in [1.165, 1.54) is 5.56 Å². The normalized spacial score (nSPS) is 21.5. The molecule has 1 N–H and O–H groups in total. The summed E-state index contributed by atoms with van der Waals surface area (Å²) < 4.78 is 27.5. The zero-order valence-corrected chi connectivity index (χ0v) is 15.1. The predicted octanol–water partition coefficient (Wildman–Crippen LogP) is 2.24. The van der Waals surface area contributed by atoms with E-state index in [0.29, 0.717) is 0 Å². The van der Waals surface area contributed by atoms with Crippen molar-refractivity contribution in [2.24, 2.45) is 0 Å². The number of benzene rings is 1. The van der Waals surface area contributed by atoms with E-state index in [1.807, 2.05) is 6.07 Å². The highest BCUT2D eigenvalue weighted by atomic mass is 32.2. The van der Waals surface area contributed by atoms with Gasteiger partial charge in [-0.1, -0.05) is 13.0 Å². The number of carbonyl (C=O) groups is 1. The Morgan fingerprint density at radius 2 is 1.96 bits per heavy atom. The van der Waals surface area contributed by atoms with Crippen LogP contribution in [-0.2, 0) is 27.7 Å². The minimum absolute atomic E-state index is 0.205. The second-order valence-electron chi connectivity index (χ2n) is 6.80. The van der Waals surface area contributed by atoms with Crippen molar-refractivity contribution in [1.82, 2.24) is 9.62 Å². The number of rotatable bonds is 5. The summed E-state index contributed by atoms with van der Waals surface area (Å²) in [6.07, 6.45) is 6.81. The molecule has 0 saturated carbocycles. The van der Waals surface area contributed by atoms with Crippen molar-refractivity contribution in [3.63, 3.8) is 0 Å². The van der Waals surface area contributed by atoms with Gasteiger partial charge in [0.15, 0.2) is 0 Å². The van der Waals surface area contributed by atoms with Crippen LogP contribution in [0.25, 0.3) is 0 Å². The Balaban J connectivity index is 1.75. The third-order valence-corrected chi connectivity index (χ3v) is 6.39. The van der Waals surface area contributed by atoms with Crippen LogP contribution in [-0.4, -0.2) is 38.4 Å². The number of hydrogen-bond acceptors (Lipinski definition) is 4. The topological polar surface area (TPSA) is 66.5 Å². The third kappa shape index (κ3) is 3.64. The van der Waals surface area contributed by atoms with Gasteiger partial charge in [-0.2, -0.15) is 0 Å². The standard InChI is InChI=1S/C18H26N2O3S/c1-2-11-20-12-5-8-17(20)18(21)19-24(22,23)16-10-9-14-6-3-4-7-15(14)13-16/h9-10,13,17H,2-8,11-12H2,1H3,(H,19,21)/t17-/m0/s1. The Morgan fingerprint density at radius 3 is 2.71 bits per heavy atom. The highest BCUT2D eigenvalue weighted by molar-refractivity contribution is 7.90. The number of amides is 1. The average molecular weight is 350 g/mol. The number of likely N-dealkylation sites (tertiary alicyclic amines) is 1. The monoisotopic (exact) mass is 350 g/mol. The Labute approximate surface area is 144 Å². The first-order valence-corrected chi connectivity index (χ1v) is 10.4. The molecule has 1 fully saturated rings. The molecule has 1 aromatic carbocycles. The molecule has 1 aliphatic carbocycles. The van der Waals surface area contributed by atoms with Gasteiger partial charge in [-0.25, -0.2) is 13.1 Å². The maximum atomic E-state index is 12.6. The van der Waals surface area contributed by atoms with Crippen LogP contribution >= 0.6 is 0 Å². The molecule has 0 spiro atoms. The molecule has 24 heavy (non-hydrogen) atoms. The van der Waals surface area contributed by atoms with Crippen molar-refractivity contribution in [1.29, 1.82) is 0 Å². The van der Waals surface area contributed by atoms with E-state index >= 15 is 0 Å². The largest absolute Gasteiger partial charge is 0.292 e. The number of sulfonamides is 1. The van der Waals surface area contributed by atoms with E-state index in [0.717, 1.165) is 63.6 Å². The van der Waals surface area contributed by atoms with Crippen molar-refractivity contribution in [2.45, 2.75) is 62.8 Å². The highest BCUT2D eigenvalue weighted by Gasteiger charge is 2.32. The fourth-order valence-electron chi connectivity index (χ4n) is 3.81. The lowest BCUT2D eigenvalue weighted by molar-refractivity contribution is -0.123. The van der Waals surface area contributed by atoms with E-state index < -0.39 is 15.9 Å². The van der Waals surface area contributed by atoms with Gasteiger partial charge in [0.1, 0.15) is 0 Å². The van der Waals surface area contributed by atoms with Crippen LogP contribution in [0.4, 0.5) is 0 Å². The van der Waals surface area contributed by atoms with E-state index in [9.17, 15) is 13.2 Å². The highest BCUT2D eigenvalue weighted by Crippen LogP contribution is 2.24. The van der Waals surface area contributed by atoms with Crippen molar-refractivity contribution in [3.05, 3.63) is 29.3 Å². The first kappa shape index (κ1) is 17.4. The molecule has 0 radical (unpaired) electrons. The van der Waals surface area contributed by atoms with Crippen molar-refractivity contribution in [3.8, 4) is 0 Å². The molecule has 1 amide bonds. The Morgan fingerprint density at radius 1 is 1.21 bits per heavy atom. The number of nitrogens with zero attached hydrogens (tertiary/aromatic N) is 1. The summed E-state index contributed by atoms with van der Waals surface area (Å²) in [4.78, 5) is 14.8. The number of carbonyl (C=O) groups excluding carboxylic acids is 1. The van der Waals surface area contributed by atoms with Gasteiger partial charge in [-0.05, 0) is 81.3 Å². The number of fused-ring (bicyclic) bond motifs is 1. The van der Waals surface area contributed by atoms with Gasteiger partial charge >= 0.3 is 0 Å². The second kappa shape index (κ2) is 7.23. The third-order valence-electron chi connectivity index (χ3n) is 5.04. The van der Waals surface area contributed by atoms with Crippen LogP contribution < -0.4 is 4.72 Å². The van der Waals surface area contributed by atoms with Crippen LogP contribution in [0.1, 0.15) is 50.2 Å². The van der Waals surface area contributed by atoms with E-state index in [1.54, 1.807) is 12.1 Å². The van der Waals surface area contributed by atoms with E-state index in [2.05, 4.69) is 16.5 Å². The van der Waals surface area contributed by atoms with E-state index in [4.69, 9.17) is 0 Å². The summed E-state index contributed by atoms with van der Waals surface area (Å²) in [7, 11) is -3.79. The van der Waals surface area contributed by atoms with Crippen LogP contribution in [0.5, 0.6) is 0 Å². The summed E-state index contributed by atoms with van der Waals surface area (Å²) in [5, 5.41) is 0. The molecule has 0 bridgehead atoms. The smallest absolute Gasteiger partial charge is 0.264 e. The molecule has 1 aliphatic heterocycles. The maximum Gasteiger partial charge on any atom is 0.264 e. The predicted molar refractivity (Wildman–Crippen MR) is 93.3 cm³/mol. The minimum atomic E-state index is -3.79. The van der Waals surface area contributed by atoms with E-state index in [-0.39, 0.29) is 10.9 Å². The minimum Gasteiger partial charge on any atom is -0.292 e. The van der Waals surface area contributed by atoms with Crippen LogP contribution in [0.15, 0.2) is 23.1 Å². The van der Waals surface area contributed by atoms with Gasteiger partial charge in [0.25, 0.3) is 15.9 Å². The summed E-state index contributed by atoms with van der Waals surface area (Å²) in [5.74, 6) is -0.390. The number of aryl methyl sites for hydroxylation is 2. The molecule has 132 valence electrons. The Bertz CT molecular complexity index is 715. The molecule has 1 atom stereocenters. The SMILES string of the molecule is CCCN1CCC[C@H]1C(=O)NS(=O)(=O)c1ccc2c(c1)CCCC2. The quantitative estimate of drug-likeness (QED) is 0.884. The van der Waals surface area contributed by atoms with Crippen molar-refractivity contribution < 1.29 is 13.2 Å². The fraction of sp³-hybridized carbons (Fsp3) is 0.611. The van der Waals surface area contributed by atoms with Gasteiger partial charge < -0.3 is 0 Å². The van der Waals surface area contributed by atoms with Crippen LogP contribution in [0, 0.1) is 0 Å². The Kier molecular flexibility index (Phi) is 5.25. The molecule has 1 aromatic rings. The molecule has 6 heteroatoms. The summed E-state index contributed by atoms with van der Waals surface area (Å²) >= 11 is 0. The fourth-order valence-corrected chi connectivity index (χ4v) is 4.88. The second-order valence-corrected chi connectivity index (χ2v) is 8.48. The van der Waals surface area contributed by atoms with Crippen LogP contribution in [0.3, 0.4) is 0 Å². The molecular formula is C18H26N2O3S. The Hall–Kier alpha value is -1.40. The molecule has 2 aliphatic rings. The summed E-state index contributed by atoms with van der Waals surface area (Å²) in [5.41, 5.74) is 2.33. The molecule has 1 saturated heterocycles. The maximum absolute atomic E-state index is 12.6. The summed E-state index contributed by atoms with van der Waals surface area (Å²) in [6, 6.07) is 4.94. The van der Waals surface area contributed by atoms with Gasteiger partial charge in [-0.15, -0.1) is 0 Å². The lowest BCUT2D eigenvalue weighted by atomic mass is 9.92. The lowest BCUT2D eigenvalue weighted by Gasteiger charge is -2.23.